The Morgan fingerprint density at radius 1 is 1.09 bits per heavy atom. The number of halogens is 4. The second-order valence-electron chi connectivity index (χ2n) is 7.40. The number of rotatable bonds is 5. The number of amides is 2. The summed E-state index contributed by atoms with van der Waals surface area (Å²) >= 11 is 3.09. The van der Waals surface area contributed by atoms with Gasteiger partial charge < -0.3 is 19.3 Å². The van der Waals surface area contributed by atoms with E-state index in [1.807, 2.05) is 13.0 Å². The number of carbonyl (C=O) groups is 2. The van der Waals surface area contributed by atoms with Gasteiger partial charge in [0.05, 0.1) is 0 Å². The predicted octanol–water partition coefficient (Wildman–Crippen LogP) is 4.49. The third-order valence-corrected chi connectivity index (χ3v) is 5.49. The molecule has 3 rings (SSSR count). The fraction of sp³-hybridized carbons (Fsp3) is 0.364. The molecule has 1 heterocycles. The number of ether oxygens (including phenoxy) is 2. The van der Waals surface area contributed by atoms with Crippen LogP contribution in [0.25, 0.3) is 0 Å². The van der Waals surface area contributed by atoms with E-state index in [2.05, 4.69) is 20.7 Å². The van der Waals surface area contributed by atoms with Crippen molar-refractivity contribution in [2.24, 2.45) is 0 Å². The maximum Gasteiger partial charge on any atom is 0.573 e. The highest BCUT2D eigenvalue weighted by molar-refractivity contribution is 9.10. The summed E-state index contributed by atoms with van der Waals surface area (Å²) in [6.45, 7) is 4.26. The molecule has 2 aromatic carbocycles. The van der Waals surface area contributed by atoms with E-state index in [4.69, 9.17) is 4.74 Å². The van der Waals surface area contributed by atoms with E-state index in [9.17, 15) is 22.8 Å². The molecule has 172 valence electrons. The Balaban J connectivity index is 1.65. The van der Waals surface area contributed by atoms with Gasteiger partial charge in [-0.2, -0.15) is 0 Å². The van der Waals surface area contributed by atoms with Gasteiger partial charge >= 0.3 is 6.36 Å². The maximum absolute atomic E-state index is 12.9. The number of hydrogen-bond acceptors (Lipinski definition) is 4. The van der Waals surface area contributed by atoms with Gasteiger partial charge in [-0.15, -0.1) is 13.2 Å². The number of piperazine rings is 1. The summed E-state index contributed by atoms with van der Waals surface area (Å²) in [4.78, 5) is 28.9. The van der Waals surface area contributed by atoms with E-state index < -0.39 is 18.2 Å². The molecule has 10 heteroatoms. The maximum atomic E-state index is 12.9. The zero-order valence-corrected chi connectivity index (χ0v) is 19.0. The predicted molar refractivity (Wildman–Crippen MR) is 114 cm³/mol. The van der Waals surface area contributed by atoms with Gasteiger partial charge in [-0.25, -0.2) is 0 Å². The molecule has 0 aromatic heterocycles. The first-order chi connectivity index (χ1) is 15.0. The molecule has 1 fully saturated rings. The average Bonchev–Trinajstić information content (AvgIpc) is 2.74. The van der Waals surface area contributed by atoms with E-state index in [-0.39, 0.29) is 23.6 Å². The minimum atomic E-state index is -4.90. The van der Waals surface area contributed by atoms with Crippen LogP contribution in [-0.4, -0.2) is 59.8 Å². The lowest BCUT2D eigenvalue weighted by molar-refractivity contribution is -0.275. The second-order valence-corrected chi connectivity index (χ2v) is 8.31. The van der Waals surface area contributed by atoms with Crippen molar-refractivity contribution in [1.82, 2.24) is 9.80 Å². The molecule has 0 bridgehead atoms. The minimum Gasteiger partial charge on any atom is -0.477 e. The fourth-order valence-corrected chi connectivity index (χ4v) is 3.83. The quantitative estimate of drug-likeness (QED) is 0.589. The Hall–Kier alpha value is -2.75. The van der Waals surface area contributed by atoms with Crippen LogP contribution >= 0.6 is 15.9 Å². The molecule has 2 atom stereocenters. The van der Waals surface area contributed by atoms with Crippen molar-refractivity contribution in [2.75, 3.05) is 19.6 Å². The normalized spacial score (nSPS) is 17.6. The van der Waals surface area contributed by atoms with Crippen molar-refractivity contribution >= 4 is 27.7 Å². The lowest BCUT2D eigenvalue weighted by Crippen LogP contribution is -2.57. The number of carbonyl (C=O) groups excluding carboxylic acids is 2. The molecule has 1 aliphatic heterocycles. The monoisotopic (exact) mass is 514 g/mol. The van der Waals surface area contributed by atoms with Gasteiger partial charge in [0.1, 0.15) is 0 Å². The lowest BCUT2D eigenvalue weighted by atomic mass is 10.1. The highest BCUT2D eigenvalue weighted by atomic mass is 79.9. The first kappa shape index (κ1) is 23.9. The summed E-state index contributed by atoms with van der Waals surface area (Å²) < 4.78 is 48.1. The second kappa shape index (κ2) is 9.81. The van der Waals surface area contributed by atoms with Crippen LogP contribution in [0.15, 0.2) is 53.0 Å². The van der Waals surface area contributed by atoms with Gasteiger partial charge in [0.15, 0.2) is 17.6 Å². The van der Waals surface area contributed by atoms with Crippen LogP contribution in [0.5, 0.6) is 11.5 Å². The number of benzene rings is 2. The summed E-state index contributed by atoms with van der Waals surface area (Å²) in [5.74, 6) is -1.24. The van der Waals surface area contributed by atoms with Crippen LogP contribution in [0, 0.1) is 0 Å². The smallest absolute Gasteiger partial charge is 0.477 e. The van der Waals surface area contributed by atoms with Gasteiger partial charge in [-0.3, -0.25) is 9.59 Å². The molecule has 0 spiro atoms. The van der Waals surface area contributed by atoms with Gasteiger partial charge in [-0.1, -0.05) is 34.1 Å². The van der Waals surface area contributed by atoms with Crippen LogP contribution in [-0.2, 0) is 4.79 Å². The fourth-order valence-electron chi connectivity index (χ4n) is 3.49. The largest absolute Gasteiger partial charge is 0.573 e. The molecule has 0 saturated carbocycles. The van der Waals surface area contributed by atoms with E-state index >= 15 is 0 Å². The van der Waals surface area contributed by atoms with Crippen LogP contribution < -0.4 is 9.47 Å². The zero-order valence-electron chi connectivity index (χ0n) is 17.4. The summed E-state index contributed by atoms with van der Waals surface area (Å²) in [7, 11) is 0. The lowest BCUT2D eigenvalue weighted by Gasteiger charge is -2.40. The molecule has 0 radical (unpaired) electrons. The molecule has 2 amide bonds. The standard InChI is InChI=1S/C22H22BrF3N2O4/c1-14-13-27(21(30)16-6-4-3-5-7-16)10-11-28(14)20(29)15(2)31-18-9-8-17(23)12-19(18)32-22(24,25)26/h3-9,12,14-15H,10-11,13H2,1-2H3/t14-,15+/m1/s1. The number of nitrogens with zero attached hydrogens (tertiary/aromatic N) is 2. The van der Waals surface area contributed by atoms with Crippen LogP contribution in [0.1, 0.15) is 24.2 Å². The molecule has 2 aromatic rings. The number of hydrogen-bond donors (Lipinski definition) is 0. The Kier molecular flexibility index (Phi) is 7.33. The van der Waals surface area contributed by atoms with E-state index in [0.717, 1.165) is 6.07 Å². The SMILES string of the molecule is C[C@H](Oc1ccc(Br)cc1OC(F)(F)F)C(=O)N1CCN(C(=O)c2ccccc2)C[C@H]1C. The van der Waals surface area contributed by atoms with Crippen LogP contribution in [0.2, 0.25) is 0 Å². The minimum absolute atomic E-state index is 0.113. The average molecular weight is 515 g/mol. The van der Waals surface area contributed by atoms with Gasteiger partial charge in [0, 0.05) is 35.7 Å². The summed E-state index contributed by atoms with van der Waals surface area (Å²) in [6.07, 6.45) is -5.95. The highest BCUT2D eigenvalue weighted by Gasteiger charge is 2.35. The molecular weight excluding hydrogens is 493 g/mol. The molecule has 0 unspecified atom stereocenters. The molecule has 0 N–H and O–H groups in total. The Labute approximate surface area is 192 Å². The third kappa shape index (κ3) is 5.93. The van der Waals surface area contributed by atoms with Gasteiger partial charge in [-0.05, 0) is 44.2 Å². The van der Waals surface area contributed by atoms with Crippen molar-refractivity contribution in [3.05, 3.63) is 58.6 Å². The Bertz CT molecular complexity index is 971. The first-order valence-corrected chi connectivity index (χ1v) is 10.7. The third-order valence-electron chi connectivity index (χ3n) is 5.00. The van der Waals surface area contributed by atoms with E-state index in [0.29, 0.717) is 29.7 Å². The van der Waals surface area contributed by atoms with Crippen LogP contribution in [0.3, 0.4) is 0 Å². The summed E-state index contributed by atoms with van der Waals surface area (Å²) in [5.41, 5.74) is 0.573. The van der Waals surface area contributed by atoms with Crippen molar-refractivity contribution in [2.45, 2.75) is 32.4 Å². The topological polar surface area (TPSA) is 59.1 Å². The molecule has 1 aliphatic rings. The Morgan fingerprint density at radius 2 is 1.78 bits per heavy atom. The van der Waals surface area contributed by atoms with Crippen molar-refractivity contribution < 1.29 is 32.2 Å². The number of alkyl halides is 3. The zero-order chi connectivity index (χ0) is 23.5. The van der Waals surface area contributed by atoms with Gasteiger partial charge in [0.25, 0.3) is 11.8 Å². The summed E-state index contributed by atoms with van der Waals surface area (Å²) in [6, 6.07) is 12.5. The molecule has 0 aliphatic carbocycles. The van der Waals surface area contributed by atoms with Crippen molar-refractivity contribution in [3.8, 4) is 11.5 Å². The van der Waals surface area contributed by atoms with Crippen molar-refractivity contribution in [1.29, 1.82) is 0 Å². The highest BCUT2D eigenvalue weighted by Crippen LogP contribution is 2.35. The molecule has 1 saturated heterocycles. The summed E-state index contributed by atoms with van der Waals surface area (Å²) in [5, 5.41) is 0. The van der Waals surface area contributed by atoms with Crippen molar-refractivity contribution in [3.63, 3.8) is 0 Å². The molecule has 32 heavy (non-hydrogen) atoms. The van der Waals surface area contributed by atoms with Crippen LogP contribution in [0.4, 0.5) is 13.2 Å². The van der Waals surface area contributed by atoms with E-state index in [1.165, 1.54) is 19.1 Å². The molecular formula is C22H22BrF3N2O4. The van der Waals surface area contributed by atoms with E-state index in [1.54, 1.807) is 34.1 Å². The van der Waals surface area contributed by atoms with Gasteiger partial charge in [0.2, 0.25) is 0 Å². The first-order valence-electron chi connectivity index (χ1n) is 9.92. The molecule has 6 nitrogen and oxygen atoms in total. The Morgan fingerprint density at radius 3 is 2.41 bits per heavy atom.